The first-order chi connectivity index (χ1) is 14.4. The van der Waals surface area contributed by atoms with Crippen LogP contribution in [-0.2, 0) is 14.8 Å². The van der Waals surface area contributed by atoms with Crippen LogP contribution in [0.15, 0.2) is 65.6 Å². The Morgan fingerprint density at radius 2 is 1.83 bits per heavy atom. The van der Waals surface area contributed by atoms with E-state index in [1.165, 1.54) is 4.31 Å². The monoisotopic (exact) mass is 442 g/mol. The molecule has 1 fully saturated rings. The highest BCUT2D eigenvalue weighted by Gasteiger charge is 2.33. The Bertz CT molecular complexity index is 1210. The largest absolute Gasteiger partial charge is 0.326 e. The van der Waals surface area contributed by atoms with Gasteiger partial charge in [-0.05, 0) is 60.4 Å². The summed E-state index contributed by atoms with van der Waals surface area (Å²) < 4.78 is 27.9. The molecule has 0 aromatic heterocycles. The number of fused-ring (bicyclic) bond motifs is 1. The van der Waals surface area contributed by atoms with Crippen LogP contribution in [0, 0.1) is 12.8 Å². The topological polar surface area (TPSA) is 66.5 Å². The van der Waals surface area contributed by atoms with Crippen LogP contribution in [0.25, 0.3) is 10.8 Å². The van der Waals surface area contributed by atoms with Gasteiger partial charge in [-0.1, -0.05) is 48.0 Å². The Hall–Kier alpha value is -2.41. The SMILES string of the molecule is Cc1c(Cl)cccc1NC(=O)[C@H]1CCCN(S(=O)(=O)c2ccc3ccccc3c2)C1. The molecule has 1 saturated heterocycles. The Labute approximate surface area is 181 Å². The fourth-order valence-corrected chi connectivity index (χ4v) is 5.56. The van der Waals surface area contributed by atoms with Crippen molar-refractivity contribution in [2.24, 2.45) is 5.92 Å². The molecule has 0 bridgehead atoms. The summed E-state index contributed by atoms with van der Waals surface area (Å²) in [5, 5.41) is 5.36. The van der Waals surface area contributed by atoms with E-state index < -0.39 is 15.9 Å². The number of hydrogen-bond acceptors (Lipinski definition) is 3. The Kier molecular flexibility index (Phi) is 5.82. The van der Waals surface area contributed by atoms with Crippen LogP contribution >= 0.6 is 11.6 Å². The molecule has 1 amide bonds. The van der Waals surface area contributed by atoms with Crippen molar-refractivity contribution >= 4 is 44.0 Å². The van der Waals surface area contributed by atoms with Gasteiger partial charge in [-0.2, -0.15) is 4.31 Å². The molecule has 0 aliphatic carbocycles. The third kappa shape index (κ3) is 4.08. The summed E-state index contributed by atoms with van der Waals surface area (Å²) in [7, 11) is -3.68. The van der Waals surface area contributed by atoms with E-state index in [0.29, 0.717) is 30.1 Å². The van der Waals surface area contributed by atoms with Crippen molar-refractivity contribution in [2.45, 2.75) is 24.7 Å². The zero-order chi connectivity index (χ0) is 21.3. The maximum absolute atomic E-state index is 13.2. The molecule has 3 aromatic carbocycles. The fourth-order valence-electron chi connectivity index (χ4n) is 3.83. The molecule has 0 unspecified atom stereocenters. The number of rotatable bonds is 4. The minimum Gasteiger partial charge on any atom is -0.326 e. The highest BCUT2D eigenvalue weighted by molar-refractivity contribution is 7.89. The van der Waals surface area contributed by atoms with E-state index in [4.69, 9.17) is 11.6 Å². The summed E-state index contributed by atoms with van der Waals surface area (Å²) in [5.74, 6) is -0.592. The normalized spacial score (nSPS) is 17.7. The molecular formula is C23H23ClN2O3S. The summed E-state index contributed by atoms with van der Waals surface area (Å²) in [4.78, 5) is 13.1. The molecule has 4 rings (SSSR count). The molecule has 1 N–H and O–H groups in total. The lowest BCUT2D eigenvalue weighted by Gasteiger charge is -2.31. The van der Waals surface area contributed by atoms with Crippen molar-refractivity contribution in [3.8, 4) is 0 Å². The van der Waals surface area contributed by atoms with Gasteiger partial charge in [0.1, 0.15) is 0 Å². The van der Waals surface area contributed by atoms with E-state index in [1.807, 2.05) is 37.3 Å². The van der Waals surface area contributed by atoms with Gasteiger partial charge in [-0.3, -0.25) is 4.79 Å². The van der Waals surface area contributed by atoms with Gasteiger partial charge in [0.05, 0.1) is 10.8 Å². The molecule has 0 spiro atoms. The van der Waals surface area contributed by atoms with Gasteiger partial charge >= 0.3 is 0 Å². The first kappa shape index (κ1) is 20.8. The molecule has 3 aromatic rings. The number of carbonyl (C=O) groups excluding carboxylic acids is 1. The van der Waals surface area contributed by atoms with Crippen molar-refractivity contribution in [1.29, 1.82) is 0 Å². The Balaban J connectivity index is 1.53. The highest BCUT2D eigenvalue weighted by atomic mass is 35.5. The Morgan fingerprint density at radius 3 is 2.63 bits per heavy atom. The number of carbonyl (C=O) groups is 1. The van der Waals surface area contributed by atoms with E-state index in [1.54, 1.807) is 30.3 Å². The second kappa shape index (κ2) is 8.38. The number of halogens is 1. The quantitative estimate of drug-likeness (QED) is 0.628. The van der Waals surface area contributed by atoms with Gasteiger partial charge in [0.15, 0.2) is 0 Å². The summed E-state index contributed by atoms with van der Waals surface area (Å²) in [5.41, 5.74) is 1.45. The number of hydrogen-bond donors (Lipinski definition) is 1. The predicted octanol–water partition coefficient (Wildman–Crippen LogP) is 4.84. The third-order valence-electron chi connectivity index (χ3n) is 5.64. The molecule has 0 saturated carbocycles. The second-order valence-corrected chi connectivity index (χ2v) is 9.96. The molecule has 1 aliphatic heterocycles. The summed E-state index contributed by atoms with van der Waals surface area (Å²) >= 11 is 6.14. The van der Waals surface area contributed by atoms with Gasteiger partial charge in [-0.15, -0.1) is 0 Å². The summed E-state index contributed by atoms with van der Waals surface area (Å²) in [6, 6.07) is 18.2. The van der Waals surface area contributed by atoms with E-state index >= 15 is 0 Å². The number of amides is 1. The summed E-state index contributed by atoms with van der Waals surface area (Å²) in [6.07, 6.45) is 1.29. The standard InChI is InChI=1S/C23H23ClN2O3S/c1-16-21(24)9-4-10-22(16)25-23(27)19-8-5-13-26(15-19)30(28,29)20-12-11-17-6-2-3-7-18(17)14-20/h2-4,6-7,9-12,14,19H,5,8,13,15H2,1H3,(H,25,27)/t19-/m0/s1. The minimum atomic E-state index is -3.68. The zero-order valence-electron chi connectivity index (χ0n) is 16.6. The average Bonchev–Trinajstić information content (AvgIpc) is 2.76. The number of anilines is 1. The van der Waals surface area contributed by atoms with E-state index in [9.17, 15) is 13.2 Å². The molecule has 5 nitrogen and oxygen atoms in total. The van der Waals surface area contributed by atoms with Gasteiger partial charge in [-0.25, -0.2) is 8.42 Å². The lowest BCUT2D eigenvalue weighted by molar-refractivity contribution is -0.120. The molecule has 7 heteroatoms. The molecule has 30 heavy (non-hydrogen) atoms. The maximum Gasteiger partial charge on any atom is 0.243 e. The number of nitrogens with one attached hydrogen (secondary N) is 1. The minimum absolute atomic E-state index is 0.167. The Morgan fingerprint density at radius 1 is 1.07 bits per heavy atom. The first-order valence-corrected chi connectivity index (χ1v) is 11.7. The fraction of sp³-hybridized carbons (Fsp3) is 0.261. The smallest absolute Gasteiger partial charge is 0.243 e. The van der Waals surface area contributed by atoms with Crippen molar-refractivity contribution in [1.82, 2.24) is 4.31 Å². The van der Waals surface area contributed by atoms with Crippen LogP contribution in [0.4, 0.5) is 5.69 Å². The van der Waals surface area contributed by atoms with E-state index in [0.717, 1.165) is 16.3 Å². The molecule has 1 atom stereocenters. The van der Waals surface area contributed by atoms with Crippen molar-refractivity contribution < 1.29 is 13.2 Å². The van der Waals surface area contributed by atoms with Crippen molar-refractivity contribution in [3.63, 3.8) is 0 Å². The molecule has 1 aliphatic rings. The zero-order valence-corrected chi connectivity index (χ0v) is 18.2. The second-order valence-electron chi connectivity index (χ2n) is 7.61. The van der Waals surface area contributed by atoms with E-state index in [2.05, 4.69) is 5.32 Å². The van der Waals surface area contributed by atoms with Gasteiger partial charge in [0.2, 0.25) is 15.9 Å². The number of sulfonamides is 1. The lowest BCUT2D eigenvalue weighted by atomic mass is 9.98. The predicted molar refractivity (Wildman–Crippen MR) is 120 cm³/mol. The molecule has 1 heterocycles. The molecule has 0 radical (unpaired) electrons. The number of benzene rings is 3. The van der Waals surface area contributed by atoms with Crippen LogP contribution in [0.2, 0.25) is 5.02 Å². The number of nitrogens with zero attached hydrogens (tertiary/aromatic N) is 1. The van der Waals surface area contributed by atoms with Crippen molar-refractivity contribution in [3.05, 3.63) is 71.2 Å². The summed E-state index contributed by atoms with van der Waals surface area (Å²) in [6.45, 7) is 2.42. The maximum atomic E-state index is 13.2. The van der Waals surface area contributed by atoms with Gasteiger partial charge < -0.3 is 5.32 Å². The van der Waals surface area contributed by atoms with Crippen LogP contribution in [0.3, 0.4) is 0 Å². The molecule has 156 valence electrons. The lowest BCUT2D eigenvalue weighted by Crippen LogP contribution is -2.43. The van der Waals surface area contributed by atoms with Gasteiger partial charge in [0, 0.05) is 23.8 Å². The van der Waals surface area contributed by atoms with Crippen LogP contribution in [0.1, 0.15) is 18.4 Å². The molecular weight excluding hydrogens is 420 g/mol. The third-order valence-corrected chi connectivity index (χ3v) is 7.91. The number of piperidine rings is 1. The van der Waals surface area contributed by atoms with Crippen molar-refractivity contribution in [2.75, 3.05) is 18.4 Å². The van der Waals surface area contributed by atoms with E-state index in [-0.39, 0.29) is 17.3 Å². The first-order valence-electron chi connectivity index (χ1n) is 9.91. The van der Waals surface area contributed by atoms with Gasteiger partial charge in [0.25, 0.3) is 0 Å². The highest BCUT2D eigenvalue weighted by Crippen LogP contribution is 2.28. The van der Waals surface area contributed by atoms with Crippen LogP contribution in [-0.4, -0.2) is 31.7 Å². The van der Waals surface area contributed by atoms with Crippen LogP contribution < -0.4 is 5.32 Å². The van der Waals surface area contributed by atoms with Crippen LogP contribution in [0.5, 0.6) is 0 Å². The average molecular weight is 443 g/mol.